The molecule has 1 aliphatic heterocycles. The number of hydrogen-bond acceptors (Lipinski definition) is 4. The Bertz CT molecular complexity index is 1100. The third-order valence-corrected chi connectivity index (χ3v) is 5.87. The van der Waals surface area contributed by atoms with Gasteiger partial charge in [0.05, 0.1) is 11.1 Å². The zero-order chi connectivity index (χ0) is 21.1. The van der Waals surface area contributed by atoms with Gasteiger partial charge < -0.3 is 5.32 Å². The molecule has 3 aromatic rings. The normalized spacial score (nSPS) is 15.4. The average Bonchev–Trinajstić information content (AvgIpc) is 2.75. The van der Waals surface area contributed by atoms with Gasteiger partial charge in [-0.2, -0.15) is 5.10 Å². The molecular weight excluding hydrogens is 400 g/mol. The summed E-state index contributed by atoms with van der Waals surface area (Å²) in [6.45, 7) is 4.51. The maximum absolute atomic E-state index is 12.7. The van der Waals surface area contributed by atoms with E-state index in [1.165, 1.54) is 10.2 Å². The van der Waals surface area contributed by atoms with Crippen LogP contribution in [0.1, 0.15) is 24.1 Å². The lowest BCUT2D eigenvalue weighted by molar-refractivity contribution is -0.122. The molecule has 0 atom stereocenters. The third-order valence-electron chi connectivity index (χ3n) is 5.62. The fourth-order valence-electron chi connectivity index (χ4n) is 4.00. The number of aryl methyl sites for hydroxylation is 1. The Kier molecular flexibility index (Phi) is 6.16. The van der Waals surface area contributed by atoms with Gasteiger partial charge in [-0.1, -0.05) is 41.9 Å². The van der Waals surface area contributed by atoms with Crippen molar-refractivity contribution in [1.29, 1.82) is 0 Å². The topological polar surface area (TPSA) is 67.2 Å². The van der Waals surface area contributed by atoms with E-state index >= 15 is 0 Å². The molecule has 1 saturated heterocycles. The number of fused-ring (bicyclic) bond motifs is 1. The van der Waals surface area contributed by atoms with Gasteiger partial charge in [-0.3, -0.25) is 14.5 Å². The number of piperidine rings is 1. The zero-order valence-electron chi connectivity index (χ0n) is 17.0. The Balaban J connectivity index is 1.32. The highest BCUT2D eigenvalue weighted by Gasteiger charge is 2.21. The molecule has 2 heterocycles. The van der Waals surface area contributed by atoms with Crippen molar-refractivity contribution in [2.45, 2.75) is 38.9 Å². The molecule has 4 rings (SSSR count). The summed E-state index contributed by atoms with van der Waals surface area (Å²) >= 11 is 5.95. The van der Waals surface area contributed by atoms with E-state index in [4.69, 9.17) is 11.6 Å². The molecule has 156 valence electrons. The number of halogens is 1. The summed E-state index contributed by atoms with van der Waals surface area (Å²) in [5, 5.41) is 9.56. The molecule has 0 bridgehead atoms. The minimum Gasteiger partial charge on any atom is -0.352 e. The first-order valence-corrected chi connectivity index (χ1v) is 10.6. The second-order valence-corrected chi connectivity index (χ2v) is 8.27. The molecule has 1 N–H and O–H groups in total. The number of aromatic nitrogens is 2. The number of nitrogens with one attached hydrogen (secondary N) is 1. The molecule has 30 heavy (non-hydrogen) atoms. The van der Waals surface area contributed by atoms with E-state index in [1.807, 2.05) is 49.4 Å². The van der Waals surface area contributed by atoms with E-state index in [-0.39, 0.29) is 24.1 Å². The van der Waals surface area contributed by atoms with Crippen molar-refractivity contribution < 1.29 is 4.79 Å². The van der Waals surface area contributed by atoms with Crippen molar-refractivity contribution >= 4 is 28.3 Å². The van der Waals surface area contributed by atoms with E-state index < -0.39 is 0 Å². The number of nitrogens with zero attached hydrogens (tertiary/aromatic N) is 3. The number of carbonyl (C=O) groups is 1. The van der Waals surface area contributed by atoms with E-state index in [0.29, 0.717) is 5.39 Å². The van der Waals surface area contributed by atoms with Crippen LogP contribution in [-0.4, -0.2) is 39.7 Å². The van der Waals surface area contributed by atoms with Crippen LogP contribution in [0.15, 0.2) is 53.3 Å². The van der Waals surface area contributed by atoms with Crippen LogP contribution in [0.4, 0.5) is 0 Å². The maximum atomic E-state index is 12.7. The minimum atomic E-state index is -0.232. The van der Waals surface area contributed by atoms with E-state index in [0.717, 1.165) is 48.6 Å². The van der Waals surface area contributed by atoms with Crippen LogP contribution in [0.5, 0.6) is 0 Å². The van der Waals surface area contributed by atoms with Gasteiger partial charge in [0.15, 0.2) is 0 Å². The summed E-state index contributed by atoms with van der Waals surface area (Å²) < 4.78 is 1.27. The molecule has 0 spiro atoms. The second kappa shape index (κ2) is 8.98. The van der Waals surface area contributed by atoms with E-state index in [9.17, 15) is 9.59 Å². The highest BCUT2D eigenvalue weighted by molar-refractivity contribution is 6.30. The van der Waals surface area contributed by atoms with Gasteiger partial charge in [0, 0.05) is 36.1 Å². The molecule has 0 unspecified atom stereocenters. The van der Waals surface area contributed by atoms with Crippen LogP contribution in [0.25, 0.3) is 10.8 Å². The number of hydrogen-bond donors (Lipinski definition) is 1. The first-order valence-electron chi connectivity index (χ1n) is 10.2. The summed E-state index contributed by atoms with van der Waals surface area (Å²) in [7, 11) is 0. The summed E-state index contributed by atoms with van der Waals surface area (Å²) in [6.07, 6.45) is 1.77. The first-order chi connectivity index (χ1) is 14.5. The number of carbonyl (C=O) groups excluding carboxylic acids is 1. The van der Waals surface area contributed by atoms with E-state index in [2.05, 4.69) is 15.3 Å². The van der Waals surface area contributed by atoms with Crippen molar-refractivity contribution in [1.82, 2.24) is 20.0 Å². The summed E-state index contributed by atoms with van der Waals surface area (Å²) in [5.41, 5.74) is 1.75. The molecule has 0 saturated carbocycles. The van der Waals surface area contributed by atoms with Crippen LogP contribution in [-0.2, 0) is 17.9 Å². The Hall–Kier alpha value is -2.70. The lowest BCUT2D eigenvalue weighted by atomic mass is 10.0. The summed E-state index contributed by atoms with van der Waals surface area (Å²) in [4.78, 5) is 27.6. The Morgan fingerprint density at radius 2 is 1.77 bits per heavy atom. The van der Waals surface area contributed by atoms with Crippen molar-refractivity contribution in [3.8, 4) is 0 Å². The molecule has 1 aromatic heterocycles. The molecule has 0 aliphatic carbocycles. The van der Waals surface area contributed by atoms with Gasteiger partial charge in [0.1, 0.15) is 6.54 Å². The Labute approximate surface area is 180 Å². The smallest absolute Gasteiger partial charge is 0.275 e. The second-order valence-electron chi connectivity index (χ2n) is 7.84. The quantitative estimate of drug-likeness (QED) is 0.683. The molecule has 0 radical (unpaired) electrons. The van der Waals surface area contributed by atoms with Gasteiger partial charge in [-0.25, -0.2) is 4.68 Å². The number of likely N-dealkylation sites (tertiary alicyclic amines) is 1. The number of benzene rings is 2. The van der Waals surface area contributed by atoms with Crippen LogP contribution < -0.4 is 10.9 Å². The van der Waals surface area contributed by atoms with Crippen molar-refractivity contribution in [2.24, 2.45) is 0 Å². The SMILES string of the molecule is Cc1nn(CC(=O)NC2CCN(Cc3ccc(Cl)cc3)CC2)c(=O)c2ccccc12. The summed E-state index contributed by atoms with van der Waals surface area (Å²) in [5.74, 6) is -0.171. The molecule has 6 nitrogen and oxygen atoms in total. The van der Waals surface area contributed by atoms with Gasteiger partial charge in [-0.15, -0.1) is 0 Å². The van der Waals surface area contributed by atoms with Crippen LogP contribution >= 0.6 is 11.6 Å². The lowest BCUT2D eigenvalue weighted by Crippen LogP contribution is -2.46. The maximum Gasteiger partial charge on any atom is 0.275 e. The van der Waals surface area contributed by atoms with Crippen molar-refractivity contribution in [2.75, 3.05) is 13.1 Å². The fraction of sp³-hybridized carbons (Fsp3) is 0.348. The predicted molar refractivity (Wildman–Crippen MR) is 119 cm³/mol. The van der Waals surface area contributed by atoms with Gasteiger partial charge in [0.25, 0.3) is 5.56 Å². The zero-order valence-corrected chi connectivity index (χ0v) is 17.7. The number of amides is 1. The lowest BCUT2D eigenvalue weighted by Gasteiger charge is -2.32. The summed E-state index contributed by atoms with van der Waals surface area (Å²) in [6, 6.07) is 15.4. The average molecular weight is 425 g/mol. The fourth-order valence-corrected chi connectivity index (χ4v) is 4.13. The van der Waals surface area contributed by atoms with Gasteiger partial charge in [0.2, 0.25) is 5.91 Å². The predicted octanol–water partition coefficient (Wildman–Crippen LogP) is 3.14. The highest BCUT2D eigenvalue weighted by atomic mass is 35.5. The molecule has 7 heteroatoms. The van der Waals surface area contributed by atoms with Crippen molar-refractivity contribution in [3.05, 3.63) is 75.2 Å². The monoisotopic (exact) mass is 424 g/mol. The molecule has 1 aliphatic rings. The number of rotatable bonds is 5. The Morgan fingerprint density at radius 1 is 1.10 bits per heavy atom. The van der Waals surface area contributed by atoms with Crippen LogP contribution in [0.2, 0.25) is 5.02 Å². The van der Waals surface area contributed by atoms with Gasteiger partial charge in [-0.05, 0) is 43.5 Å². The minimum absolute atomic E-state index is 0.0600. The molecule has 2 aromatic carbocycles. The third kappa shape index (κ3) is 4.71. The van der Waals surface area contributed by atoms with E-state index in [1.54, 1.807) is 6.07 Å². The van der Waals surface area contributed by atoms with Crippen molar-refractivity contribution in [3.63, 3.8) is 0 Å². The Morgan fingerprint density at radius 3 is 2.47 bits per heavy atom. The van der Waals surface area contributed by atoms with Crippen LogP contribution in [0.3, 0.4) is 0 Å². The first kappa shape index (κ1) is 20.6. The van der Waals surface area contributed by atoms with Gasteiger partial charge >= 0.3 is 0 Å². The molecule has 1 amide bonds. The largest absolute Gasteiger partial charge is 0.352 e. The molecular formula is C23H25ClN4O2. The molecule has 1 fully saturated rings. The highest BCUT2D eigenvalue weighted by Crippen LogP contribution is 2.16. The van der Waals surface area contributed by atoms with Crippen LogP contribution in [0, 0.1) is 6.92 Å². The standard InChI is InChI=1S/C23H25ClN4O2/c1-16-20-4-2-3-5-21(20)23(30)28(26-16)15-22(29)25-19-10-12-27(13-11-19)14-17-6-8-18(24)9-7-17/h2-9,19H,10-15H2,1H3,(H,25,29).